The highest BCUT2D eigenvalue weighted by Crippen LogP contribution is 2.06. The lowest BCUT2D eigenvalue weighted by Gasteiger charge is -2.06. The Labute approximate surface area is 99.1 Å². The maximum atomic E-state index is 5.50. The van der Waals surface area contributed by atoms with Crippen LogP contribution in [0, 0.1) is 0 Å². The summed E-state index contributed by atoms with van der Waals surface area (Å²) in [6.45, 7) is 2.40. The Balaban J connectivity index is 1.59. The van der Waals surface area contributed by atoms with Crippen LogP contribution in [0.2, 0.25) is 0 Å². The van der Waals surface area contributed by atoms with Gasteiger partial charge >= 0.3 is 0 Å². The summed E-state index contributed by atoms with van der Waals surface area (Å²) in [6.07, 6.45) is 3.46. The van der Waals surface area contributed by atoms with E-state index in [0.717, 1.165) is 18.8 Å². The molecule has 2 heterocycles. The zero-order valence-electron chi connectivity index (χ0n) is 8.93. The van der Waals surface area contributed by atoms with Crippen LogP contribution in [0.15, 0.2) is 41.4 Å². The van der Waals surface area contributed by atoms with Crippen molar-refractivity contribution in [3.8, 4) is 5.75 Å². The SMILES string of the molecule is c1cncc(OCCNCc2ccsc2)c1. The Bertz CT molecular complexity index is 389. The molecule has 2 rings (SSSR count). The van der Waals surface area contributed by atoms with Gasteiger partial charge in [0.2, 0.25) is 0 Å². The van der Waals surface area contributed by atoms with Crippen molar-refractivity contribution in [1.29, 1.82) is 0 Å². The first-order valence-electron chi connectivity index (χ1n) is 5.20. The van der Waals surface area contributed by atoms with Gasteiger partial charge in [-0.25, -0.2) is 0 Å². The molecule has 0 fully saturated rings. The number of aromatic nitrogens is 1. The van der Waals surface area contributed by atoms with Gasteiger partial charge in [0.1, 0.15) is 12.4 Å². The van der Waals surface area contributed by atoms with Crippen molar-refractivity contribution in [2.45, 2.75) is 6.54 Å². The lowest BCUT2D eigenvalue weighted by atomic mass is 10.3. The zero-order chi connectivity index (χ0) is 11.1. The lowest BCUT2D eigenvalue weighted by Crippen LogP contribution is -2.20. The third kappa shape index (κ3) is 3.64. The largest absolute Gasteiger partial charge is 0.491 e. The van der Waals surface area contributed by atoms with Gasteiger partial charge in [-0.2, -0.15) is 11.3 Å². The summed E-state index contributed by atoms with van der Waals surface area (Å²) < 4.78 is 5.50. The number of hydrogen-bond acceptors (Lipinski definition) is 4. The molecule has 0 bridgehead atoms. The minimum absolute atomic E-state index is 0.663. The van der Waals surface area contributed by atoms with Gasteiger partial charge in [0.05, 0.1) is 6.20 Å². The monoisotopic (exact) mass is 234 g/mol. The van der Waals surface area contributed by atoms with Gasteiger partial charge in [-0.05, 0) is 34.5 Å². The van der Waals surface area contributed by atoms with Crippen LogP contribution >= 0.6 is 11.3 Å². The van der Waals surface area contributed by atoms with E-state index in [1.54, 1.807) is 23.7 Å². The summed E-state index contributed by atoms with van der Waals surface area (Å²) in [5.74, 6) is 0.819. The third-order valence-corrected chi connectivity index (χ3v) is 2.82. The van der Waals surface area contributed by atoms with E-state index in [1.807, 2.05) is 12.1 Å². The van der Waals surface area contributed by atoms with E-state index >= 15 is 0 Å². The smallest absolute Gasteiger partial charge is 0.137 e. The standard InChI is InChI=1S/C12H14N2OS/c1-2-12(9-13-4-1)15-6-5-14-8-11-3-7-16-10-11/h1-4,7,9-10,14H,5-6,8H2. The fourth-order valence-electron chi connectivity index (χ4n) is 1.30. The maximum absolute atomic E-state index is 5.50. The summed E-state index contributed by atoms with van der Waals surface area (Å²) in [7, 11) is 0. The normalized spacial score (nSPS) is 10.2. The van der Waals surface area contributed by atoms with Gasteiger partial charge in [0, 0.05) is 19.3 Å². The van der Waals surface area contributed by atoms with Crippen LogP contribution in [-0.2, 0) is 6.54 Å². The Morgan fingerprint density at radius 2 is 2.38 bits per heavy atom. The highest BCUT2D eigenvalue weighted by Gasteiger charge is 1.93. The molecule has 0 atom stereocenters. The van der Waals surface area contributed by atoms with Gasteiger partial charge in [0.25, 0.3) is 0 Å². The second kappa shape index (κ2) is 6.25. The Morgan fingerprint density at radius 1 is 1.38 bits per heavy atom. The third-order valence-electron chi connectivity index (χ3n) is 2.09. The van der Waals surface area contributed by atoms with Crippen molar-refractivity contribution in [2.75, 3.05) is 13.2 Å². The predicted octanol–water partition coefficient (Wildman–Crippen LogP) is 2.31. The van der Waals surface area contributed by atoms with Gasteiger partial charge in [-0.15, -0.1) is 0 Å². The number of thiophene rings is 1. The van der Waals surface area contributed by atoms with Crippen molar-refractivity contribution < 1.29 is 4.74 Å². The predicted molar refractivity (Wildman–Crippen MR) is 65.8 cm³/mol. The molecule has 0 amide bonds. The van der Waals surface area contributed by atoms with Crippen LogP contribution in [-0.4, -0.2) is 18.1 Å². The summed E-state index contributed by atoms with van der Waals surface area (Å²) in [6, 6.07) is 5.90. The second-order valence-electron chi connectivity index (χ2n) is 3.35. The molecule has 0 aliphatic heterocycles. The minimum Gasteiger partial charge on any atom is -0.491 e. The zero-order valence-corrected chi connectivity index (χ0v) is 9.74. The first-order valence-corrected chi connectivity index (χ1v) is 6.14. The summed E-state index contributed by atoms with van der Waals surface area (Å²) in [5, 5.41) is 7.55. The molecule has 0 aromatic carbocycles. The van der Waals surface area contributed by atoms with E-state index in [1.165, 1.54) is 5.56 Å². The fraction of sp³-hybridized carbons (Fsp3) is 0.250. The number of rotatable bonds is 6. The van der Waals surface area contributed by atoms with Gasteiger partial charge < -0.3 is 10.1 Å². The molecule has 0 saturated heterocycles. The van der Waals surface area contributed by atoms with Crippen LogP contribution in [0.4, 0.5) is 0 Å². The van der Waals surface area contributed by atoms with E-state index < -0.39 is 0 Å². The van der Waals surface area contributed by atoms with E-state index in [0.29, 0.717) is 6.61 Å². The average molecular weight is 234 g/mol. The summed E-state index contributed by atoms with van der Waals surface area (Å²) in [4.78, 5) is 3.98. The molecular formula is C12H14N2OS. The Hall–Kier alpha value is -1.39. The highest BCUT2D eigenvalue weighted by molar-refractivity contribution is 7.07. The first-order chi connectivity index (χ1) is 7.95. The number of hydrogen-bond donors (Lipinski definition) is 1. The lowest BCUT2D eigenvalue weighted by molar-refractivity contribution is 0.312. The number of pyridine rings is 1. The molecule has 2 aromatic heterocycles. The van der Waals surface area contributed by atoms with E-state index in [2.05, 4.69) is 27.1 Å². The van der Waals surface area contributed by atoms with E-state index in [4.69, 9.17) is 4.74 Å². The fourth-order valence-corrected chi connectivity index (χ4v) is 1.97. The molecule has 0 radical (unpaired) electrons. The highest BCUT2D eigenvalue weighted by atomic mass is 32.1. The Morgan fingerprint density at radius 3 is 3.12 bits per heavy atom. The van der Waals surface area contributed by atoms with E-state index in [9.17, 15) is 0 Å². The molecule has 3 nitrogen and oxygen atoms in total. The molecule has 0 saturated carbocycles. The number of ether oxygens (including phenoxy) is 1. The van der Waals surface area contributed by atoms with Crippen molar-refractivity contribution in [1.82, 2.24) is 10.3 Å². The molecule has 84 valence electrons. The van der Waals surface area contributed by atoms with Crippen molar-refractivity contribution >= 4 is 11.3 Å². The van der Waals surface area contributed by atoms with Crippen molar-refractivity contribution in [2.24, 2.45) is 0 Å². The summed E-state index contributed by atoms with van der Waals surface area (Å²) in [5.41, 5.74) is 1.33. The topological polar surface area (TPSA) is 34.1 Å². The number of nitrogens with zero attached hydrogens (tertiary/aromatic N) is 1. The molecule has 0 spiro atoms. The Kier molecular flexibility index (Phi) is 4.34. The first kappa shape index (κ1) is 11.1. The molecule has 2 aromatic rings. The van der Waals surface area contributed by atoms with Crippen LogP contribution < -0.4 is 10.1 Å². The average Bonchev–Trinajstić information content (AvgIpc) is 2.83. The quantitative estimate of drug-likeness (QED) is 0.779. The van der Waals surface area contributed by atoms with Gasteiger partial charge in [-0.3, -0.25) is 4.98 Å². The van der Waals surface area contributed by atoms with Crippen molar-refractivity contribution in [3.63, 3.8) is 0 Å². The summed E-state index contributed by atoms with van der Waals surface area (Å²) >= 11 is 1.72. The molecule has 4 heteroatoms. The van der Waals surface area contributed by atoms with Crippen LogP contribution in [0.1, 0.15) is 5.56 Å². The van der Waals surface area contributed by atoms with Crippen LogP contribution in [0.5, 0.6) is 5.75 Å². The molecular weight excluding hydrogens is 220 g/mol. The molecule has 16 heavy (non-hydrogen) atoms. The molecule has 0 unspecified atom stereocenters. The molecule has 0 aliphatic carbocycles. The van der Waals surface area contributed by atoms with Crippen LogP contribution in [0.3, 0.4) is 0 Å². The van der Waals surface area contributed by atoms with Gasteiger partial charge in [-0.1, -0.05) is 0 Å². The van der Waals surface area contributed by atoms with Crippen molar-refractivity contribution in [3.05, 3.63) is 46.9 Å². The van der Waals surface area contributed by atoms with Crippen LogP contribution in [0.25, 0.3) is 0 Å². The van der Waals surface area contributed by atoms with E-state index in [-0.39, 0.29) is 0 Å². The minimum atomic E-state index is 0.663. The molecule has 1 N–H and O–H groups in total. The molecule has 0 aliphatic rings. The maximum Gasteiger partial charge on any atom is 0.137 e. The second-order valence-corrected chi connectivity index (χ2v) is 4.13. The van der Waals surface area contributed by atoms with Gasteiger partial charge in [0.15, 0.2) is 0 Å². The number of nitrogens with one attached hydrogen (secondary N) is 1.